The molecule has 7 heteroatoms. The van der Waals surface area contributed by atoms with E-state index in [2.05, 4.69) is 5.32 Å². The molecule has 1 aromatic heterocycles. The van der Waals surface area contributed by atoms with Crippen LogP contribution in [0.15, 0.2) is 41.8 Å². The number of alkyl halides is 3. The predicted molar refractivity (Wildman–Crippen MR) is 98.4 cm³/mol. The Morgan fingerprint density at radius 3 is 2.42 bits per heavy atom. The Kier molecular flexibility index (Phi) is 6.47. The maximum absolute atomic E-state index is 13.1. The number of amides is 1. The number of halogens is 3. The molecule has 3 nitrogen and oxygen atoms in total. The highest BCUT2D eigenvalue weighted by atomic mass is 32.1. The van der Waals surface area contributed by atoms with Gasteiger partial charge < -0.3 is 10.2 Å². The first-order chi connectivity index (χ1) is 12.1. The molecular weight excluding hydrogens is 361 g/mol. The molecule has 0 aliphatic rings. The molecule has 142 valence electrons. The van der Waals surface area contributed by atoms with E-state index >= 15 is 0 Å². The van der Waals surface area contributed by atoms with Crippen LogP contribution in [0.25, 0.3) is 0 Å². The number of hydrogen-bond donors (Lipinski definition) is 1. The van der Waals surface area contributed by atoms with Crippen LogP contribution in [-0.2, 0) is 16.4 Å². The normalized spacial score (nSPS) is 14.3. The summed E-state index contributed by atoms with van der Waals surface area (Å²) in [5.41, 5.74) is -1.04. The molecular formula is C19H23F3N2OS. The van der Waals surface area contributed by atoms with Crippen molar-refractivity contribution in [2.24, 2.45) is 0 Å². The Labute approximate surface area is 155 Å². The second-order valence-electron chi connectivity index (χ2n) is 6.72. The van der Waals surface area contributed by atoms with Crippen LogP contribution in [0.3, 0.4) is 0 Å². The van der Waals surface area contributed by atoms with E-state index in [9.17, 15) is 18.0 Å². The third-order valence-electron chi connectivity index (χ3n) is 4.29. The van der Waals surface area contributed by atoms with Gasteiger partial charge in [0.1, 0.15) is 0 Å². The van der Waals surface area contributed by atoms with Crippen molar-refractivity contribution in [2.45, 2.75) is 24.9 Å². The number of carbonyl (C=O) groups is 1. The Hall–Kier alpha value is -1.86. The van der Waals surface area contributed by atoms with Gasteiger partial charge in [0, 0.05) is 29.8 Å². The number of carbonyl (C=O) groups excluding carboxylic acids is 1. The summed E-state index contributed by atoms with van der Waals surface area (Å²) < 4.78 is 39.4. The number of rotatable bonds is 7. The lowest BCUT2D eigenvalue weighted by Crippen LogP contribution is -2.36. The largest absolute Gasteiger partial charge is 0.416 e. The average Bonchev–Trinajstić information content (AvgIpc) is 3.08. The van der Waals surface area contributed by atoms with Gasteiger partial charge in [0.25, 0.3) is 0 Å². The third kappa shape index (κ3) is 5.08. The minimum atomic E-state index is -4.42. The number of hydrogen-bond acceptors (Lipinski definition) is 3. The van der Waals surface area contributed by atoms with Crippen molar-refractivity contribution in [1.82, 2.24) is 10.2 Å². The van der Waals surface area contributed by atoms with Crippen LogP contribution in [-0.4, -0.2) is 38.0 Å². The van der Waals surface area contributed by atoms with Gasteiger partial charge in [-0.05, 0) is 37.2 Å². The van der Waals surface area contributed by atoms with E-state index in [0.29, 0.717) is 18.7 Å². The van der Waals surface area contributed by atoms with Crippen LogP contribution < -0.4 is 5.32 Å². The van der Waals surface area contributed by atoms with Crippen molar-refractivity contribution in [3.05, 3.63) is 57.8 Å². The van der Waals surface area contributed by atoms with Gasteiger partial charge in [-0.15, -0.1) is 11.3 Å². The molecule has 2 aromatic rings. The van der Waals surface area contributed by atoms with Crippen LogP contribution in [0.1, 0.15) is 29.3 Å². The lowest BCUT2D eigenvalue weighted by Gasteiger charge is -2.29. The molecule has 1 N–H and O–H groups in total. The van der Waals surface area contributed by atoms with E-state index in [4.69, 9.17) is 0 Å². The first-order valence-electron chi connectivity index (χ1n) is 8.26. The third-order valence-corrected chi connectivity index (χ3v) is 5.42. The lowest BCUT2D eigenvalue weighted by molar-refractivity contribution is -0.137. The summed E-state index contributed by atoms with van der Waals surface area (Å²) in [7, 11) is 3.81. The van der Waals surface area contributed by atoms with Crippen molar-refractivity contribution < 1.29 is 18.0 Å². The zero-order chi connectivity index (χ0) is 19.4. The second kappa shape index (κ2) is 8.22. The van der Waals surface area contributed by atoms with Gasteiger partial charge in [0.2, 0.25) is 5.91 Å². The van der Waals surface area contributed by atoms with Gasteiger partial charge in [0.05, 0.1) is 5.56 Å². The molecule has 2 rings (SSSR count). The first-order valence-corrected chi connectivity index (χ1v) is 9.14. The highest BCUT2D eigenvalue weighted by Gasteiger charge is 2.36. The lowest BCUT2D eigenvalue weighted by atomic mass is 9.77. The van der Waals surface area contributed by atoms with E-state index < -0.39 is 17.2 Å². The van der Waals surface area contributed by atoms with E-state index in [-0.39, 0.29) is 12.3 Å². The van der Waals surface area contributed by atoms with E-state index in [1.54, 1.807) is 6.07 Å². The smallest absolute Gasteiger partial charge is 0.355 e. The molecule has 1 amide bonds. The molecule has 0 saturated heterocycles. The van der Waals surface area contributed by atoms with Gasteiger partial charge in [-0.25, -0.2) is 0 Å². The van der Waals surface area contributed by atoms with Gasteiger partial charge in [-0.3, -0.25) is 4.79 Å². The van der Waals surface area contributed by atoms with Gasteiger partial charge in [-0.2, -0.15) is 13.2 Å². The number of benzene rings is 1. The maximum Gasteiger partial charge on any atom is 0.416 e. The fourth-order valence-corrected chi connectivity index (χ4v) is 3.68. The highest BCUT2D eigenvalue weighted by Crippen LogP contribution is 2.40. The molecule has 0 aliphatic carbocycles. The number of thiophene rings is 1. The monoisotopic (exact) mass is 384 g/mol. The number of likely N-dealkylation sites (N-methyl/N-ethyl adjacent to an activating group) is 1. The van der Waals surface area contributed by atoms with Crippen molar-refractivity contribution >= 4 is 17.2 Å². The first kappa shape index (κ1) is 20.5. The van der Waals surface area contributed by atoms with Gasteiger partial charge >= 0.3 is 6.18 Å². The average molecular weight is 384 g/mol. The molecule has 0 saturated carbocycles. The molecule has 1 aromatic carbocycles. The van der Waals surface area contributed by atoms with E-state index in [1.807, 2.05) is 43.4 Å². The van der Waals surface area contributed by atoms with Crippen LogP contribution in [0.5, 0.6) is 0 Å². The Balaban J connectivity index is 2.31. The highest BCUT2D eigenvalue weighted by molar-refractivity contribution is 7.10. The summed E-state index contributed by atoms with van der Waals surface area (Å²) in [6.07, 6.45) is -4.33. The maximum atomic E-state index is 13.1. The Morgan fingerprint density at radius 2 is 1.85 bits per heavy atom. The van der Waals surface area contributed by atoms with Crippen molar-refractivity contribution in [1.29, 1.82) is 0 Å². The molecule has 26 heavy (non-hydrogen) atoms. The summed E-state index contributed by atoms with van der Waals surface area (Å²) in [6.45, 7) is 3.01. The van der Waals surface area contributed by atoms with Crippen LogP contribution >= 0.6 is 11.3 Å². The fraction of sp³-hybridized carbons (Fsp3) is 0.421. The van der Waals surface area contributed by atoms with E-state index in [1.165, 1.54) is 17.4 Å². The minimum Gasteiger partial charge on any atom is -0.355 e. The Bertz CT molecular complexity index is 729. The second-order valence-corrected chi connectivity index (χ2v) is 7.67. The fourth-order valence-electron chi connectivity index (χ4n) is 2.77. The molecule has 0 bridgehead atoms. The number of nitrogens with zero attached hydrogens (tertiary/aromatic N) is 1. The molecule has 0 spiro atoms. The van der Waals surface area contributed by atoms with Crippen molar-refractivity contribution in [2.75, 3.05) is 27.2 Å². The van der Waals surface area contributed by atoms with E-state index in [0.717, 1.165) is 17.0 Å². The van der Waals surface area contributed by atoms with Crippen LogP contribution in [0.4, 0.5) is 13.2 Å². The zero-order valence-corrected chi connectivity index (χ0v) is 15.9. The predicted octanol–water partition coefficient (Wildman–Crippen LogP) is 4.14. The van der Waals surface area contributed by atoms with Crippen LogP contribution in [0, 0.1) is 0 Å². The van der Waals surface area contributed by atoms with Crippen molar-refractivity contribution in [3.63, 3.8) is 0 Å². The standard InChI is InChI=1S/C19H23F3N2OS/c1-18(16-8-5-11-26-16,13-17(25)23-9-10-24(2)3)14-6-4-7-15(12-14)19(20,21)22/h4-8,11-12H,9-10,13H2,1-3H3,(H,23,25)/t18-/m1/s1. The van der Waals surface area contributed by atoms with Gasteiger partial charge in [0.15, 0.2) is 0 Å². The van der Waals surface area contributed by atoms with Crippen LogP contribution in [0.2, 0.25) is 0 Å². The molecule has 0 aliphatic heterocycles. The summed E-state index contributed by atoms with van der Waals surface area (Å²) in [5.74, 6) is -0.180. The molecule has 0 fully saturated rings. The summed E-state index contributed by atoms with van der Waals surface area (Å²) in [6, 6.07) is 8.95. The summed E-state index contributed by atoms with van der Waals surface area (Å²) >= 11 is 1.44. The summed E-state index contributed by atoms with van der Waals surface area (Å²) in [5, 5.41) is 4.71. The molecule has 0 radical (unpaired) electrons. The minimum absolute atomic E-state index is 0.0856. The number of nitrogens with one attached hydrogen (secondary N) is 1. The summed E-state index contributed by atoms with van der Waals surface area (Å²) in [4.78, 5) is 15.3. The quantitative estimate of drug-likeness (QED) is 0.778. The zero-order valence-electron chi connectivity index (χ0n) is 15.1. The van der Waals surface area contributed by atoms with Crippen molar-refractivity contribution in [3.8, 4) is 0 Å². The van der Waals surface area contributed by atoms with Gasteiger partial charge in [-0.1, -0.05) is 31.2 Å². The Morgan fingerprint density at radius 1 is 1.15 bits per heavy atom. The molecule has 1 atom stereocenters. The SMILES string of the molecule is CN(C)CCNC(=O)C[C@](C)(c1cccc(C(F)(F)F)c1)c1cccs1. The molecule has 0 unspecified atom stereocenters. The molecule has 1 heterocycles. The topological polar surface area (TPSA) is 32.3 Å².